The summed E-state index contributed by atoms with van der Waals surface area (Å²) < 4.78 is 48.8. The van der Waals surface area contributed by atoms with E-state index in [4.69, 9.17) is 9.47 Å². The molecule has 1 heterocycles. The van der Waals surface area contributed by atoms with Crippen LogP contribution in [-0.4, -0.2) is 34.2 Å². The molecule has 0 radical (unpaired) electrons. The number of aliphatic hydroxyl groups is 1. The van der Waals surface area contributed by atoms with Crippen molar-refractivity contribution in [1.29, 1.82) is 0 Å². The summed E-state index contributed by atoms with van der Waals surface area (Å²) in [5, 5.41) is 9.77. The molecule has 0 aromatic heterocycles. The molecule has 0 aliphatic carbocycles. The van der Waals surface area contributed by atoms with Gasteiger partial charge in [-0.3, -0.25) is 0 Å². The van der Waals surface area contributed by atoms with E-state index in [0.29, 0.717) is 0 Å². The Balaban J connectivity index is 3.10. The zero-order valence-corrected chi connectivity index (χ0v) is 11.9. The molecule has 0 aromatic carbocycles. The second-order valence-corrected chi connectivity index (χ2v) is 6.12. The second kappa shape index (κ2) is 4.73. The largest absolute Gasteiger partial charge is 0.456 e. The van der Waals surface area contributed by atoms with Crippen LogP contribution in [0.5, 0.6) is 0 Å². The number of halogens is 3. The highest BCUT2D eigenvalue weighted by molar-refractivity contribution is 5.87. The molecule has 4 nitrogen and oxygen atoms in total. The first-order valence-electron chi connectivity index (χ1n) is 6.08. The van der Waals surface area contributed by atoms with Gasteiger partial charge >= 0.3 is 12.1 Å². The fraction of sp³-hybridized carbons (Fsp3) is 0.769. The highest BCUT2D eigenvalue weighted by Crippen LogP contribution is 2.48. The van der Waals surface area contributed by atoms with Crippen LogP contribution >= 0.6 is 0 Å². The lowest BCUT2D eigenvalue weighted by molar-refractivity contribution is -0.419. The number of carbonyl (C=O) groups is 1. The fourth-order valence-electron chi connectivity index (χ4n) is 2.54. The Morgan fingerprint density at radius 2 is 1.80 bits per heavy atom. The van der Waals surface area contributed by atoms with Crippen LogP contribution in [0.2, 0.25) is 0 Å². The molecule has 2 atom stereocenters. The van der Waals surface area contributed by atoms with Gasteiger partial charge < -0.3 is 14.6 Å². The fourth-order valence-corrected chi connectivity index (χ4v) is 2.54. The predicted octanol–water partition coefficient (Wildman–Crippen LogP) is 2.70. The zero-order valence-electron chi connectivity index (χ0n) is 11.9. The SMILES string of the molecule is C=C(C)C(=O)OC1(C)CC(C)(C)OC(O)(C(F)(F)F)C1. The molecular formula is C13H19F3O4. The van der Waals surface area contributed by atoms with Gasteiger partial charge in [-0.15, -0.1) is 0 Å². The molecule has 0 spiro atoms. The molecule has 0 amide bonds. The van der Waals surface area contributed by atoms with E-state index in [1.807, 2.05) is 0 Å². The molecule has 1 N–H and O–H groups in total. The third-order valence-corrected chi connectivity index (χ3v) is 2.99. The van der Waals surface area contributed by atoms with Gasteiger partial charge in [0.1, 0.15) is 5.60 Å². The van der Waals surface area contributed by atoms with E-state index in [2.05, 4.69) is 6.58 Å². The molecule has 0 aromatic rings. The Morgan fingerprint density at radius 1 is 1.30 bits per heavy atom. The summed E-state index contributed by atoms with van der Waals surface area (Å²) in [6.07, 6.45) is -5.84. The van der Waals surface area contributed by atoms with Crippen LogP contribution in [0.1, 0.15) is 40.5 Å². The van der Waals surface area contributed by atoms with Gasteiger partial charge in [-0.05, 0) is 27.7 Å². The summed E-state index contributed by atoms with van der Waals surface area (Å²) in [7, 11) is 0. The van der Waals surface area contributed by atoms with E-state index in [0.717, 1.165) is 0 Å². The minimum absolute atomic E-state index is 0.0252. The van der Waals surface area contributed by atoms with Crippen molar-refractivity contribution in [1.82, 2.24) is 0 Å². The maximum Gasteiger partial charge on any atom is 0.443 e. The van der Waals surface area contributed by atoms with Crippen molar-refractivity contribution in [3.05, 3.63) is 12.2 Å². The predicted molar refractivity (Wildman–Crippen MR) is 64.7 cm³/mol. The van der Waals surface area contributed by atoms with Crippen LogP contribution in [0, 0.1) is 0 Å². The summed E-state index contributed by atoms with van der Waals surface area (Å²) in [4.78, 5) is 11.6. The third kappa shape index (κ3) is 3.52. The molecule has 2 unspecified atom stereocenters. The Labute approximate surface area is 115 Å². The molecule has 1 aliphatic rings. The van der Waals surface area contributed by atoms with Gasteiger partial charge in [0.2, 0.25) is 0 Å². The van der Waals surface area contributed by atoms with Crippen LogP contribution in [0.3, 0.4) is 0 Å². The van der Waals surface area contributed by atoms with Crippen molar-refractivity contribution >= 4 is 5.97 Å². The minimum atomic E-state index is -4.98. The van der Waals surface area contributed by atoms with Crippen molar-refractivity contribution in [3.63, 3.8) is 0 Å². The number of esters is 1. The standard InChI is InChI=1S/C13H19F3O4/c1-8(2)9(17)19-11(5)6-10(3,4)20-12(18,7-11)13(14,15)16/h18H,1,6-7H2,2-5H3. The number of ether oxygens (including phenoxy) is 2. The van der Waals surface area contributed by atoms with Gasteiger partial charge in [0.05, 0.1) is 12.0 Å². The maximum atomic E-state index is 13.0. The lowest BCUT2D eigenvalue weighted by Crippen LogP contribution is -2.62. The van der Waals surface area contributed by atoms with Gasteiger partial charge in [-0.1, -0.05) is 6.58 Å². The average molecular weight is 296 g/mol. The number of alkyl halides is 3. The van der Waals surface area contributed by atoms with Crippen LogP contribution in [0.15, 0.2) is 12.2 Å². The van der Waals surface area contributed by atoms with Gasteiger partial charge in [0, 0.05) is 12.0 Å². The quantitative estimate of drug-likeness (QED) is 0.629. The summed E-state index contributed by atoms with van der Waals surface area (Å²) in [5.41, 5.74) is -2.72. The molecule has 116 valence electrons. The van der Waals surface area contributed by atoms with Crippen molar-refractivity contribution in [2.45, 2.75) is 63.7 Å². The van der Waals surface area contributed by atoms with Gasteiger partial charge in [0.15, 0.2) is 0 Å². The van der Waals surface area contributed by atoms with E-state index in [1.54, 1.807) is 0 Å². The number of hydrogen-bond donors (Lipinski definition) is 1. The first-order valence-corrected chi connectivity index (χ1v) is 6.08. The van der Waals surface area contributed by atoms with Crippen LogP contribution in [-0.2, 0) is 14.3 Å². The van der Waals surface area contributed by atoms with Crippen LogP contribution < -0.4 is 0 Å². The normalized spacial score (nSPS) is 33.6. The van der Waals surface area contributed by atoms with Gasteiger partial charge in [0.25, 0.3) is 5.79 Å². The van der Waals surface area contributed by atoms with Crippen molar-refractivity contribution in [3.8, 4) is 0 Å². The summed E-state index contributed by atoms with van der Waals surface area (Å²) >= 11 is 0. The number of hydrogen-bond acceptors (Lipinski definition) is 4. The Kier molecular flexibility index (Phi) is 4.02. The zero-order chi connectivity index (χ0) is 16.0. The molecule has 0 saturated carbocycles. The van der Waals surface area contributed by atoms with Crippen molar-refractivity contribution in [2.24, 2.45) is 0 Å². The first kappa shape index (κ1) is 17.0. The van der Waals surface area contributed by atoms with E-state index in [-0.39, 0.29) is 12.0 Å². The van der Waals surface area contributed by atoms with E-state index in [9.17, 15) is 23.1 Å². The molecule has 1 rings (SSSR count). The molecule has 1 aliphatic heterocycles. The molecule has 1 fully saturated rings. The van der Waals surface area contributed by atoms with Gasteiger partial charge in [-0.25, -0.2) is 4.79 Å². The molecule has 1 saturated heterocycles. The maximum absolute atomic E-state index is 13.0. The Bertz CT molecular complexity index is 430. The van der Waals surface area contributed by atoms with E-state index < -0.39 is 35.6 Å². The smallest absolute Gasteiger partial charge is 0.443 e. The third-order valence-electron chi connectivity index (χ3n) is 2.99. The minimum Gasteiger partial charge on any atom is -0.456 e. The topological polar surface area (TPSA) is 55.8 Å². The number of rotatable bonds is 2. The Morgan fingerprint density at radius 3 is 2.20 bits per heavy atom. The highest BCUT2D eigenvalue weighted by atomic mass is 19.4. The molecule has 0 bridgehead atoms. The van der Waals surface area contributed by atoms with Gasteiger partial charge in [-0.2, -0.15) is 13.2 Å². The lowest BCUT2D eigenvalue weighted by Gasteiger charge is -2.49. The summed E-state index contributed by atoms with van der Waals surface area (Å²) in [6, 6.07) is 0. The summed E-state index contributed by atoms with van der Waals surface area (Å²) in [6.45, 7) is 8.92. The molecule has 20 heavy (non-hydrogen) atoms. The monoisotopic (exact) mass is 296 g/mol. The molecule has 7 heteroatoms. The number of carbonyl (C=O) groups excluding carboxylic acids is 1. The van der Waals surface area contributed by atoms with Crippen molar-refractivity contribution in [2.75, 3.05) is 0 Å². The van der Waals surface area contributed by atoms with E-state index in [1.165, 1.54) is 27.7 Å². The van der Waals surface area contributed by atoms with E-state index >= 15 is 0 Å². The lowest BCUT2D eigenvalue weighted by atomic mass is 9.81. The van der Waals surface area contributed by atoms with Crippen LogP contribution in [0.4, 0.5) is 13.2 Å². The molecular weight excluding hydrogens is 277 g/mol. The highest BCUT2D eigenvalue weighted by Gasteiger charge is 2.64. The van der Waals surface area contributed by atoms with Crippen LogP contribution in [0.25, 0.3) is 0 Å². The van der Waals surface area contributed by atoms with Crippen molar-refractivity contribution < 1.29 is 32.5 Å². The second-order valence-electron chi connectivity index (χ2n) is 6.12. The summed E-state index contributed by atoms with van der Waals surface area (Å²) in [5.74, 6) is -4.14. The first-order chi connectivity index (χ1) is 8.70. The average Bonchev–Trinajstić information content (AvgIpc) is 2.09. The Hall–Kier alpha value is -1.08.